The van der Waals surface area contributed by atoms with E-state index in [1.54, 1.807) is 59.3 Å². The van der Waals surface area contributed by atoms with Gasteiger partial charge in [0.05, 0.1) is 19.1 Å². The van der Waals surface area contributed by atoms with Gasteiger partial charge in [-0.2, -0.15) is 8.42 Å². The van der Waals surface area contributed by atoms with E-state index in [1.807, 2.05) is 30.5 Å². The number of rotatable bonds is 8. The lowest BCUT2D eigenvalue weighted by Crippen LogP contribution is -2.34. The van der Waals surface area contributed by atoms with E-state index in [0.717, 1.165) is 16.7 Å². The van der Waals surface area contributed by atoms with Crippen LogP contribution in [0.15, 0.2) is 76.2 Å². The number of hydrogen-bond acceptors (Lipinski definition) is 6. The van der Waals surface area contributed by atoms with Crippen molar-refractivity contribution in [2.24, 2.45) is 0 Å². The van der Waals surface area contributed by atoms with Crippen LogP contribution in [-0.4, -0.2) is 31.9 Å². The molecule has 0 aliphatic heterocycles. The van der Waals surface area contributed by atoms with Gasteiger partial charge in [0.1, 0.15) is 11.5 Å². The largest absolute Gasteiger partial charge is 0.467 e. The smallest absolute Gasteiger partial charge is 0.322 e. The van der Waals surface area contributed by atoms with Crippen molar-refractivity contribution in [1.82, 2.24) is 4.90 Å². The summed E-state index contributed by atoms with van der Waals surface area (Å²) in [6, 6.07) is 17.4. The molecule has 2 aromatic carbocycles. The number of carbonyl (C=O) groups excluding carboxylic acids is 1. The molecule has 0 saturated heterocycles. The maximum absolute atomic E-state index is 13.0. The van der Waals surface area contributed by atoms with Gasteiger partial charge in [-0.1, -0.05) is 12.1 Å². The summed E-state index contributed by atoms with van der Waals surface area (Å²) < 4.78 is 33.1. The van der Waals surface area contributed by atoms with E-state index in [9.17, 15) is 13.2 Å². The summed E-state index contributed by atoms with van der Waals surface area (Å²) in [5.41, 5.74) is 1.40. The van der Waals surface area contributed by atoms with Gasteiger partial charge in [0.25, 0.3) is 0 Å². The summed E-state index contributed by atoms with van der Waals surface area (Å²) in [5.74, 6) is 0.826. The first-order chi connectivity index (χ1) is 14.3. The third-order valence-electron chi connectivity index (χ3n) is 4.07. The van der Waals surface area contributed by atoms with E-state index in [2.05, 4.69) is 5.32 Å². The van der Waals surface area contributed by atoms with E-state index in [0.29, 0.717) is 11.4 Å². The highest BCUT2D eigenvalue weighted by molar-refractivity contribution is 7.98. The van der Waals surface area contributed by atoms with E-state index in [4.69, 9.17) is 8.60 Å². The molecule has 0 saturated carbocycles. The lowest BCUT2D eigenvalue weighted by molar-refractivity contribution is 0.201. The Labute approximate surface area is 180 Å². The molecule has 158 valence electrons. The molecular formula is C21H22N2O5S2. The van der Waals surface area contributed by atoms with Crippen LogP contribution in [0.3, 0.4) is 0 Å². The van der Waals surface area contributed by atoms with Crippen molar-refractivity contribution in [2.45, 2.75) is 18.0 Å². The van der Waals surface area contributed by atoms with Crippen molar-refractivity contribution >= 4 is 33.6 Å². The average molecular weight is 447 g/mol. The molecule has 0 radical (unpaired) electrons. The molecule has 7 nitrogen and oxygen atoms in total. The van der Waals surface area contributed by atoms with E-state index in [-0.39, 0.29) is 24.9 Å². The highest BCUT2D eigenvalue weighted by Gasteiger charge is 2.17. The van der Waals surface area contributed by atoms with Crippen LogP contribution >= 0.6 is 11.8 Å². The molecule has 30 heavy (non-hydrogen) atoms. The van der Waals surface area contributed by atoms with Gasteiger partial charge in [0, 0.05) is 17.1 Å². The highest BCUT2D eigenvalue weighted by atomic mass is 32.2. The number of thioether (sulfide) groups is 1. The first-order valence-corrected chi connectivity index (χ1v) is 12.1. The fourth-order valence-corrected chi connectivity index (χ4v) is 3.62. The van der Waals surface area contributed by atoms with Gasteiger partial charge in [-0.05, 0) is 60.4 Å². The minimum atomic E-state index is -3.64. The first-order valence-electron chi connectivity index (χ1n) is 9.03. The Hall–Kier alpha value is -2.91. The van der Waals surface area contributed by atoms with Crippen molar-refractivity contribution in [2.75, 3.05) is 17.8 Å². The molecule has 3 rings (SSSR count). The SMILES string of the molecule is CSc1ccc(NC(=O)N(Cc2cccc(OS(C)(=O)=O)c2)Cc2ccco2)cc1. The second kappa shape index (κ2) is 9.73. The second-order valence-corrected chi connectivity index (χ2v) is 8.98. The fraction of sp³-hybridized carbons (Fsp3) is 0.190. The van der Waals surface area contributed by atoms with E-state index >= 15 is 0 Å². The van der Waals surface area contributed by atoms with Crippen LogP contribution in [0.2, 0.25) is 0 Å². The molecule has 1 heterocycles. The number of benzene rings is 2. The first kappa shape index (κ1) is 21.8. The number of urea groups is 1. The number of hydrogen-bond donors (Lipinski definition) is 1. The van der Waals surface area contributed by atoms with Crippen molar-refractivity contribution in [3.8, 4) is 5.75 Å². The standard InChI is InChI=1S/C21H22N2O5S2/c1-29-20-10-8-17(9-11-20)22-21(24)23(15-19-7-4-12-27-19)14-16-5-3-6-18(13-16)28-30(2,25)26/h3-13H,14-15H2,1-2H3,(H,22,24). The summed E-state index contributed by atoms with van der Waals surface area (Å²) in [6.45, 7) is 0.481. The average Bonchev–Trinajstić information content (AvgIpc) is 3.20. The number of carbonyl (C=O) groups is 1. The molecule has 0 unspecified atom stereocenters. The predicted octanol–water partition coefficient (Wildman–Crippen LogP) is 4.57. The Morgan fingerprint density at radius 3 is 2.50 bits per heavy atom. The number of nitrogens with one attached hydrogen (secondary N) is 1. The van der Waals surface area contributed by atoms with Crippen LogP contribution in [0, 0.1) is 0 Å². The van der Waals surface area contributed by atoms with Crippen LogP contribution in [0.25, 0.3) is 0 Å². The number of nitrogens with zero attached hydrogens (tertiary/aromatic N) is 1. The molecule has 9 heteroatoms. The summed E-state index contributed by atoms with van der Waals surface area (Å²) in [4.78, 5) is 15.6. The quantitative estimate of drug-likeness (QED) is 0.403. The Bertz CT molecular complexity index is 1080. The van der Waals surface area contributed by atoms with Gasteiger partial charge in [0.2, 0.25) is 0 Å². The Balaban J connectivity index is 1.78. The number of amides is 2. The van der Waals surface area contributed by atoms with Crippen LogP contribution in [0.4, 0.5) is 10.5 Å². The van der Waals surface area contributed by atoms with E-state index in [1.165, 1.54) is 0 Å². The molecule has 0 bridgehead atoms. The summed E-state index contributed by atoms with van der Waals surface area (Å²) in [6.07, 6.45) is 4.52. The van der Waals surface area contributed by atoms with Crippen molar-refractivity contribution < 1.29 is 21.8 Å². The van der Waals surface area contributed by atoms with Crippen LogP contribution in [0.5, 0.6) is 5.75 Å². The lowest BCUT2D eigenvalue weighted by Gasteiger charge is -2.22. The van der Waals surface area contributed by atoms with Crippen LogP contribution in [-0.2, 0) is 23.2 Å². The molecular weight excluding hydrogens is 424 g/mol. The topological polar surface area (TPSA) is 88.9 Å². The second-order valence-electron chi connectivity index (χ2n) is 6.53. The third kappa shape index (κ3) is 6.57. The minimum absolute atomic E-state index is 0.195. The Kier molecular flexibility index (Phi) is 7.07. The predicted molar refractivity (Wildman–Crippen MR) is 117 cm³/mol. The fourth-order valence-electron chi connectivity index (χ4n) is 2.76. The van der Waals surface area contributed by atoms with Gasteiger partial charge in [0.15, 0.2) is 0 Å². The van der Waals surface area contributed by atoms with Gasteiger partial charge in [-0.25, -0.2) is 4.79 Å². The molecule has 1 N–H and O–H groups in total. The normalized spacial score (nSPS) is 11.1. The van der Waals surface area contributed by atoms with Crippen molar-refractivity contribution in [3.05, 3.63) is 78.3 Å². The van der Waals surface area contributed by atoms with Gasteiger partial charge >= 0.3 is 16.1 Å². The Morgan fingerprint density at radius 1 is 1.10 bits per heavy atom. The number of anilines is 1. The molecule has 0 fully saturated rings. The monoisotopic (exact) mass is 446 g/mol. The molecule has 3 aromatic rings. The maximum Gasteiger partial charge on any atom is 0.322 e. The van der Waals surface area contributed by atoms with Crippen molar-refractivity contribution in [1.29, 1.82) is 0 Å². The molecule has 2 amide bonds. The third-order valence-corrected chi connectivity index (χ3v) is 5.31. The Morgan fingerprint density at radius 2 is 1.87 bits per heavy atom. The minimum Gasteiger partial charge on any atom is -0.467 e. The van der Waals surface area contributed by atoms with Crippen LogP contribution < -0.4 is 9.50 Å². The van der Waals surface area contributed by atoms with E-state index < -0.39 is 10.1 Å². The summed E-state index contributed by atoms with van der Waals surface area (Å²) >= 11 is 1.62. The van der Waals surface area contributed by atoms with Crippen LogP contribution in [0.1, 0.15) is 11.3 Å². The van der Waals surface area contributed by atoms with Gasteiger partial charge < -0.3 is 18.8 Å². The summed E-state index contributed by atoms with van der Waals surface area (Å²) in [5, 5.41) is 2.89. The summed E-state index contributed by atoms with van der Waals surface area (Å²) in [7, 11) is -3.64. The van der Waals surface area contributed by atoms with Gasteiger partial charge in [-0.15, -0.1) is 11.8 Å². The number of furan rings is 1. The van der Waals surface area contributed by atoms with Crippen molar-refractivity contribution in [3.63, 3.8) is 0 Å². The lowest BCUT2D eigenvalue weighted by atomic mass is 10.2. The molecule has 0 spiro atoms. The van der Waals surface area contributed by atoms with Gasteiger partial charge in [-0.3, -0.25) is 0 Å². The zero-order valence-electron chi connectivity index (χ0n) is 16.6. The maximum atomic E-state index is 13.0. The molecule has 0 atom stereocenters. The zero-order valence-corrected chi connectivity index (χ0v) is 18.2. The molecule has 0 aliphatic rings. The highest BCUT2D eigenvalue weighted by Crippen LogP contribution is 2.20. The molecule has 0 aliphatic carbocycles. The zero-order chi connectivity index (χ0) is 21.6. The molecule has 1 aromatic heterocycles.